The number of hydrogen-bond donors (Lipinski definition) is 3. The molecule has 2 amide bonds. The number of benzene rings is 2. The number of anilines is 1. The van der Waals surface area contributed by atoms with Gasteiger partial charge in [0.25, 0.3) is 5.91 Å². The zero-order valence-electron chi connectivity index (χ0n) is 19.3. The van der Waals surface area contributed by atoms with Gasteiger partial charge in [0.05, 0.1) is 24.1 Å². The van der Waals surface area contributed by atoms with Gasteiger partial charge in [-0.05, 0) is 35.2 Å². The second kappa shape index (κ2) is 9.94. The van der Waals surface area contributed by atoms with Crippen LogP contribution in [0.1, 0.15) is 34.3 Å². The number of carbonyl (C=O) groups is 3. The van der Waals surface area contributed by atoms with E-state index in [1.54, 1.807) is 0 Å². The van der Waals surface area contributed by atoms with E-state index in [0.29, 0.717) is 0 Å². The summed E-state index contributed by atoms with van der Waals surface area (Å²) in [6.07, 6.45) is 1.70. The number of alkyl carbamates (subject to hydrolysis) is 1. The lowest BCUT2D eigenvalue weighted by molar-refractivity contribution is -0.123. The third-order valence-corrected chi connectivity index (χ3v) is 5.90. The molecule has 0 spiro atoms. The van der Waals surface area contributed by atoms with E-state index in [1.165, 1.54) is 32.5 Å². The number of aromatic nitrogens is 1. The molecule has 3 N–H and O–H groups in total. The van der Waals surface area contributed by atoms with Crippen molar-refractivity contribution in [1.82, 2.24) is 10.3 Å². The van der Waals surface area contributed by atoms with Crippen molar-refractivity contribution in [2.24, 2.45) is 0 Å². The molecule has 4 rings (SSSR count). The molecule has 35 heavy (non-hydrogen) atoms. The van der Waals surface area contributed by atoms with Crippen LogP contribution in [0.25, 0.3) is 11.1 Å². The van der Waals surface area contributed by atoms with Crippen LogP contribution in [0, 0.1) is 0 Å². The fraction of sp³-hybridized carbons (Fsp3) is 0.231. The molecule has 1 aliphatic carbocycles. The summed E-state index contributed by atoms with van der Waals surface area (Å²) in [4.78, 5) is 40.7. The zero-order chi connectivity index (χ0) is 25.0. The molecule has 9 nitrogen and oxygen atoms in total. The van der Waals surface area contributed by atoms with Crippen LogP contribution in [0.15, 0.2) is 67.0 Å². The molecular weight excluding hydrogens is 450 g/mol. The number of methoxy groups -OCH3 is 1. The van der Waals surface area contributed by atoms with Crippen LogP contribution in [0.4, 0.5) is 10.5 Å². The number of hydrogen-bond acceptors (Lipinski definition) is 6. The van der Waals surface area contributed by atoms with Crippen molar-refractivity contribution >= 4 is 23.7 Å². The Morgan fingerprint density at radius 3 is 2.26 bits per heavy atom. The van der Waals surface area contributed by atoms with Crippen LogP contribution in [-0.2, 0) is 14.3 Å². The van der Waals surface area contributed by atoms with Crippen LogP contribution >= 0.6 is 0 Å². The lowest BCUT2D eigenvalue weighted by Crippen LogP contribution is -2.57. The summed E-state index contributed by atoms with van der Waals surface area (Å²) in [5.41, 5.74) is 2.97. The van der Waals surface area contributed by atoms with Crippen LogP contribution in [-0.4, -0.2) is 53.9 Å². The molecule has 0 saturated carbocycles. The van der Waals surface area contributed by atoms with Gasteiger partial charge < -0.3 is 25.2 Å². The topological polar surface area (TPSA) is 127 Å². The van der Waals surface area contributed by atoms with E-state index in [4.69, 9.17) is 14.6 Å². The van der Waals surface area contributed by atoms with Crippen molar-refractivity contribution in [2.45, 2.75) is 18.4 Å². The highest BCUT2D eigenvalue weighted by molar-refractivity contribution is 6.00. The second-order valence-corrected chi connectivity index (χ2v) is 8.44. The normalized spacial score (nSPS) is 13.8. The number of carboxylic acid groups (broad SMARTS) is 1. The predicted molar refractivity (Wildman–Crippen MR) is 128 cm³/mol. The van der Waals surface area contributed by atoms with Gasteiger partial charge in [0.2, 0.25) is 0 Å². The number of carbonyl (C=O) groups excluding carboxylic acids is 2. The second-order valence-electron chi connectivity index (χ2n) is 8.44. The molecule has 9 heteroatoms. The van der Waals surface area contributed by atoms with Gasteiger partial charge in [0.1, 0.15) is 12.1 Å². The molecule has 0 saturated heterocycles. The van der Waals surface area contributed by atoms with Gasteiger partial charge in [-0.15, -0.1) is 0 Å². The van der Waals surface area contributed by atoms with Gasteiger partial charge in [0.15, 0.2) is 0 Å². The van der Waals surface area contributed by atoms with E-state index in [-0.39, 0.29) is 30.4 Å². The lowest BCUT2D eigenvalue weighted by Gasteiger charge is -2.28. The Hall–Kier alpha value is -4.24. The highest BCUT2D eigenvalue weighted by Crippen LogP contribution is 2.44. The molecule has 1 aliphatic rings. The van der Waals surface area contributed by atoms with Crippen LogP contribution in [0.2, 0.25) is 0 Å². The van der Waals surface area contributed by atoms with E-state index >= 15 is 0 Å². The fourth-order valence-corrected chi connectivity index (χ4v) is 4.20. The van der Waals surface area contributed by atoms with Crippen LogP contribution in [0.3, 0.4) is 0 Å². The first-order valence-electron chi connectivity index (χ1n) is 10.9. The molecule has 0 radical (unpaired) electrons. The van der Waals surface area contributed by atoms with E-state index in [0.717, 1.165) is 22.3 Å². The van der Waals surface area contributed by atoms with E-state index in [9.17, 15) is 14.4 Å². The van der Waals surface area contributed by atoms with Gasteiger partial charge in [-0.25, -0.2) is 9.59 Å². The van der Waals surface area contributed by atoms with Crippen molar-refractivity contribution in [3.05, 3.63) is 83.7 Å². The first kappa shape index (κ1) is 23.9. The largest absolute Gasteiger partial charge is 0.478 e. The summed E-state index contributed by atoms with van der Waals surface area (Å²) in [5.74, 6) is -1.91. The van der Waals surface area contributed by atoms with Crippen molar-refractivity contribution < 1.29 is 29.0 Å². The average Bonchev–Trinajstić information content (AvgIpc) is 3.16. The Morgan fingerprint density at radius 1 is 1.03 bits per heavy atom. The number of pyridine rings is 1. The van der Waals surface area contributed by atoms with Gasteiger partial charge >= 0.3 is 12.1 Å². The number of ether oxygens (including phenoxy) is 2. The highest BCUT2D eigenvalue weighted by Gasteiger charge is 2.37. The van der Waals surface area contributed by atoms with E-state index < -0.39 is 23.5 Å². The molecule has 0 fully saturated rings. The number of amides is 2. The minimum absolute atomic E-state index is 0.0826. The summed E-state index contributed by atoms with van der Waals surface area (Å²) in [7, 11) is 1.40. The van der Waals surface area contributed by atoms with Crippen molar-refractivity contribution in [3.63, 3.8) is 0 Å². The first-order chi connectivity index (χ1) is 16.8. The van der Waals surface area contributed by atoms with Crippen molar-refractivity contribution in [3.8, 4) is 11.1 Å². The Bertz CT molecular complexity index is 1230. The number of nitrogens with zero attached hydrogens (tertiary/aromatic N) is 1. The zero-order valence-corrected chi connectivity index (χ0v) is 19.3. The third-order valence-electron chi connectivity index (χ3n) is 5.90. The standard InChI is InChI=1S/C26H25N3O6/c1-26(15-34-2,24(32)28-17-11-16(23(30)31)12-27-13-17)29-25(33)35-14-22-20-9-5-3-7-18(20)19-8-4-6-10-21(19)22/h3-13,22H,14-15H2,1-2H3,(H,28,32)(H,29,33)(H,30,31). The predicted octanol–water partition coefficient (Wildman–Crippen LogP) is 3.66. The molecule has 1 aromatic heterocycles. The number of fused-ring (bicyclic) bond motifs is 3. The van der Waals surface area contributed by atoms with Crippen molar-refractivity contribution in [1.29, 1.82) is 0 Å². The molecule has 1 heterocycles. The smallest absolute Gasteiger partial charge is 0.408 e. The molecule has 180 valence electrons. The molecule has 3 aromatic rings. The Morgan fingerprint density at radius 2 is 1.66 bits per heavy atom. The summed E-state index contributed by atoms with van der Waals surface area (Å²) in [6.45, 7) is 1.44. The number of aromatic carboxylic acids is 1. The van der Waals surface area contributed by atoms with Crippen LogP contribution in [0.5, 0.6) is 0 Å². The van der Waals surface area contributed by atoms with Gasteiger partial charge in [-0.3, -0.25) is 9.78 Å². The fourth-order valence-electron chi connectivity index (χ4n) is 4.20. The number of nitrogens with one attached hydrogen (secondary N) is 2. The minimum atomic E-state index is -1.49. The monoisotopic (exact) mass is 475 g/mol. The highest BCUT2D eigenvalue weighted by atomic mass is 16.5. The molecule has 1 unspecified atom stereocenters. The maximum Gasteiger partial charge on any atom is 0.408 e. The summed E-state index contributed by atoms with van der Waals surface area (Å²) < 4.78 is 10.7. The molecule has 2 aromatic carbocycles. The third kappa shape index (κ3) is 4.99. The molecule has 1 atom stereocenters. The minimum Gasteiger partial charge on any atom is -0.478 e. The maximum atomic E-state index is 13.0. The van der Waals surface area contributed by atoms with E-state index in [1.807, 2.05) is 48.5 Å². The summed E-state index contributed by atoms with van der Waals surface area (Å²) in [5, 5.41) is 14.3. The van der Waals surface area contributed by atoms with Gasteiger partial charge in [0, 0.05) is 19.2 Å². The maximum absolute atomic E-state index is 13.0. The first-order valence-corrected chi connectivity index (χ1v) is 10.9. The summed E-state index contributed by atoms with van der Waals surface area (Å²) >= 11 is 0. The number of carboxylic acids is 1. The Kier molecular flexibility index (Phi) is 6.79. The Balaban J connectivity index is 1.45. The van der Waals surface area contributed by atoms with E-state index in [2.05, 4.69) is 15.6 Å². The quantitative estimate of drug-likeness (QED) is 0.454. The molecular formula is C26H25N3O6. The van der Waals surface area contributed by atoms with Crippen LogP contribution < -0.4 is 10.6 Å². The van der Waals surface area contributed by atoms with Crippen molar-refractivity contribution in [2.75, 3.05) is 25.6 Å². The molecule has 0 aliphatic heterocycles. The van der Waals surface area contributed by atoms with Gasteiger partial charge in [-0.1, -0.05) is 48.5 Å². The average molecular weight is 476 g/mol. The lowest BCUT2D eigenvalue weighted by atomic mass is 9.98. The Labute approximate surface area is 202 Å². The molecule has 0 bridgehead atoms. The SMILES string of the molecule is COCC(C)(NC(=O)OCC1c2ccccc2-c2ccccc21)C(=O)Nc1cncc(C(=O)O)c1. The summed E-state index contributed by atoms with van der Waals surface area (Å²) in [6, 6.07) is 17.2. The number of rotatable bonds is 8. The van der Waals surface area contributed by atoms with Gasteiger partial charge in [-0.2, -0.15) is 0 Å².